The Hall–Kier alpha value is -1.64. The van der Waals surface area contributed by atoms with E-state index in [0.29, 0.717) is 0 Å². The van der Waals surface area contributed by atoms with Gasteiger partial charge in [0.15, 0.2) is 5.78 Å². The van der Waals surface area contributed by atoms with E-state index in [1.165, 1.54) is 11.3 Å². The summed E-state index contributed by atoms with van der Waals surface area (Å²) in [5.41, 5.74) is 1.60. The van der Waals surface area contributed by atoms with Gasteiger partial charge in [0, 0.05) is 24.2 Å². The summed E-state index contributed by atoms with van der Waals surface area (Å²) in [6.07, 6.45) is 4.27. The SMILES string of the molecule is CN(C=O)c1ccc(C(=O)C2CC3CC3C2)cc1. The third kappa shape index (κ3) is 1.94. The van der Waals surface area contributed by atoms with Gasteiger partial charge in [-0.2, -0.15) is 0 Å². The first-order chi connectivity index (χ1) is 8.69. The molecule has 1 aromatic carbocycles. The van der Waals surface area contributed by atoms with Gasteiger partial charge in [0.05, 0.1) is 0 Å². The molecule has 18 heavy (non-hydrogen) atoms. The van der Waals surface area contributed by atoms with E-state index in [1.54, 1.807) is 7.05 Å². The normalized spacial score (nSPS) is 28.6. The Balaban J connectivity index is 1.72. The number of hydrogen-bond donors (Lipinski definition) is 0. The van der Waals surface area contributed by atoms with E-state index in [4.69, 9.17) is 0 Å². The zero-order valence-corrected chi connectivity index (χ0v) is 10.5. The van der Waals surface area contributed by atoms with E-state index in [0.717, 1.165) is 42.3 Å². The molecule has 94 valence electrons. The summed E-state index contributed by atoms with van der Waals surface area (Å²) in [4.78, 5) is 24.4. The van der Waals surface area contributed by atoms with Gasteiger partial charge in [0.25, 0.3) is 0 Å². The van der Waals surface area contributed by atoms with Crippen LogP contribution in [0.1, 0.15) is 29.6 Å². The minimum Gasteiger partial charge on any atom is -0.318 e. The largest absolute Gasteiger partial charge is 0.318 e. The molecule has 2 aliphatic carbocycles. The molecule has 0 aliphatic heterocycles. The van der Waals surface area contributed by atoms with E-state index in [2.05, 4.69) is 0 Å². The number of nitrogens with zero attached hydrogens (tertiary/aromatic N) is 1. The Kier molecular flexibility index (Phi) is 2.69. The van der Waals surface area contributed by atoms with Crippen molar-refractivity contribution < 1.29 is 9.59 Å². The zero-order chi connectivity index (χ0) is 12.7. The fourth-order valence-electron chi connectivity index (χ4n) is 3.09. The fraction of sp³-hybridized carbons (Fsp3) is 0.467. The highest BCUT2D eigenvalue weighted by atomic mass is 16.1. The van der Waals surface area contributed by atoms with E-state index >= 15 is 0 Å². The molecule has 0 saturated heterocycles. The summed E-state index contributed by atoms with van der Waals surface area (Å²) in [6.45, 7) is 0. The predicted octanol–water partition coefficient (Wildman–Crippen LogP) is 2.51. The predicted molar refractivity (Wildman–Crippen MR) is 69.6 cm³/mol. The Labute approximate surface area is 107 Å². The average Bonchev–Trinajstić information content (AvgIpc) is 3.03. The van der Waals surface area contributed by atoms with Gasteiger partial charge in [-0.05, 0) is 55.4 Å². The molecule has 3 heteroatoms. The van der Waals surface area contributed by atoms with Gasteiger partial charge in [0.1, 0.15) is 0 Å². The van der Waals surface area contributed by atoms with Crippen LogP contribution < -0.4 is 4.90 Å². The van der Waals surface area contributed by atoms with Crippen molar-refractivity contribution in [3.63, 3.8) is 0 Å². The van der Waals surface area contributed by atoms with Gasteiger partial charge in [-0.25, -0.2) is 0 Å². The maximum absolute atomic E-state index is 12.3. The summed E-state index contributed by atoms with van der Waals surface area (Å²) in [5.74, 6) is 2.18. The molecule has 2 saturated carbocycles. The standard InChI is InChI=1S/C15H17NO2/c1-16(9-17)14-4-2-10(3-5-14)15(18)13-7-11-6-12(11)8-13/h2-5,9,11-13H,6-8H2,1H3. The third-order valence-corrected chi connectivity index (χ3v) is 4.33. The monoisotopic (exact) mass is 243 g/mol. The highest BCUT2D eigenvalue weighted by Crippen LogP contribution is 2.54. The van der Waals surface area contributed by atoms with E-state index in [9.17, 15) is 9.59 Å². The molecule has 2 aliphatic rings. The summed E-state index contributed by atoms with van der Waals surface area (Å²) in [5, 5.41) is 0. The van der Waals surface area contributed by atoms with E-state index < -0.39 is 0 Å². The first-order valence-electron chi connectivity index (χ1n) is 6.51. The van der Waals surface area contributed by atoms with Crippen LogP contribution in [0.5, 0.6) is 0 Å². The molecular weight excluding hydrogens is 226 g/mol. The number of carbonyl (C=O) groups is 2. The van der Waals surface area contributed by atoms with E-state index in [-0.39, 0.29) is 11.7 Å². The molecule has 2 unspecified atom stereocenters. The molecule has 3 nitrogen and oxygen atoms in total. The Morgan fingerprint density at radius 1 is 1.17 bits per heavy atom. The van der Waals surface area contributed by atoms with Crippen LogP contribution in [0.3, 0.4) is 0 Å². The second-order valence-electron chi connectivity index (χ2n) is 5.55. The molecule has 3 rings (SSSR count). The highest BCUT2D eigenvalue weighted by molar-refractivity contribution is 5.98. The molecule has 0 aromatic heterocycles. The van der Waals surface area contributed by atoms with Gasteiger partial charge < -0.3 is 4.90 Å². The molecule has 0 heterocycles. The number of amides is 1. The topological polar surface area (TPSA) is 37.4 Å². The first-order valence-corrected chi connectivity index (χ1v) is 6.51. The molecular formula is C15H17NO2. The summed E-state index contributed by atoms with van der Waals surface area (Å²) >= 11 is 0. The molecule has 2 atom stereocenters. The number of fused-ring (bicyclic) bond motifs is 1. The molecule has 1 aromatic rings. The van der Waals surface area contributed by atoms with Crippen LogP contribution in [0.25, 0.3) is 0 Å². The van der Waals surface area contributed by atoms with Crippen LogP contribution in [-0.2, 0) is 4.79 Å². The molecule has 0 N–H and O–H groups in total. The van der Waals surface area contributed by atoms with Crippen molar-refractivity contribution >= 4 is 17.9 Å². The minimum atomic E-state index is 0.239. The number of anilines is 1. The average molecular weight is 243 g/mol. The maximum Gasteiger partial charge on any atom is 0.213 e. The van der Waals surface area contributed by atoms with Crippen LogP contribution in [0.2, 0.25) is 0 Å². The first kappa shape index (κ1) is 11.5. The van der Waals surface area contributed by atoms with Crippen LogP contribution in [0.15, 0.2) is 24.3 Å². The summed E-state index contributed by atoms with van der Waals surface area (Å²) < 4.78 is 0. The quantitative estimate of drug-likeness (QED) is 0.602. The molecule has 0 bridgehead atoms. The highest BCUT2D eigenvalue weighted by Gasteiger charge is 2.47. The lowest BCUT2D eigenvalue weighted by molar-refractivity contribution is -0.107. The van der Waals surface area contributed by atoms with Gasteiger partial charge in [-0.1, -0.05) is 0 Å². The van der Waals surface area contributed by atoms with Crippen molar-refractivity contribution in [1.29, 1.82) is 0 Å². The summed E-state index contributed by atoms with van der Waals surface area (Å²) in [7, 11) is 1.70. The fourth-order valence-corrected chi connectivity index (χ4v) is 3.09. The van der Waals surface area contributed by atoms with Crippen LogP contribution in [0, 0.1) is 17.8 Å². The lowest BCUT2D eigenvalue weighted by Gasteiger charge is -2.13. The lowest BCUT2D eigenvalue weighted by atomic mass is 9.93. The van der Waals surface area contributed by atoms with Gasteiger partial charge in [-0.15, -0.1) is 0 Å². The number of rotatable bonds is 4. The van der Waals surface area contributed by atoms with Crippen LogP contribution >= 0.6 is 0 Å². The van der Waals surface area contributed by atoms with E-state index in [1.807, 2.05) is 24.3 Å². The zero-order valence-electron chi connectivity index (χ0n) is 10.5. The van der Waals surface area contributed by atoms with Crippen LogP contribution in [-0.4, -0.2) is 19.2 Å². The molecule has 2 fully saturated rings. The Bertz CT molecular complexity index is 470. The number of carbonyl (C=O) groups excluding carboxylic acids is 2. The Morgan fingerprint density at radius 2 is 1.78 bits per heavy atom. The lowest BCUT2D eigenvalue weighted by Crippen LogP contribution is -2.15. The van der Waals surface area contributed by atoms with Crippen molar-refractivity contribution in [1.82, 2.24) is 0 Å². The summed E-state index contributed by atoms with van der Waals surface area (Å²) in [6, 6.07) is 7.33. The van der Waals surface area contributed by atoms with Crippen LogP contribution in [0.4, 0.5) is 5.69 Å². The van der Waals surface area contributed by atoms with Gasteiger partial charge in [0.2, 0.25) is 6.41 Å². The Morgan fingerprint density at radius 3 is 2.33 bits per heavy atom. The number of Topliss-reactive ketones (excluding diaryl/α,β-unsaturated/α-hetero) is 1. The number of ketones is 1. The third-order valence-electron chi connectivity index (χ3n) is 4.33. The maximum atomic E-state index is 12.3. The van der Waals surface area contributed by atoms with Crippen molar-refractivity contribution in [3.05, 3.63) is 29.8 Å². The molecule has 0 spiro atoms. The second-order valence-corrected chi connectivity index (χ2v) is 5.55. The number of hydrogen-bond acceptors (Lipinski definition) is 2. The molecule has 0 radical (unpaired) electrons. The molecule has 1 amide bonds. The van der Waals surface area contributed by atoms with Crippen molar-refractivity contribution in [2.45, 2.75) is 19.3 Å². The van der Waals surface area contributed by atoms with Crippen molar-refractivity contribution in [3.8, 4) is 0 Å². The second kappa shape index (κ2) is 4.23. The smallest absolute Gasteiger partial charge is 0.213 e. The van der Waals surface area contributed by atoms with Crippen molar-refractivity contribution in [2.75, 3.05) is 11.9 Å². The van der Waals surface area contributed by atoms with Gasteiger partial charge >= 0.3 is 0 Å². The number of benzene rings is 1. The minimum absolute atomic E-state index is 0.239. The van der Waals surface area contributed by atoms with Gasteiger partial charge in [-0.3, -0.25) is 9.59 Å². The van der Waals surface area contributed by atoms with Crippen molar-refractivity contribution in [2.24, 2.45) is 17.8 Å².